The van der Waals surface area contributed by atoms with Crippen LogP contribution < -0.4 is 5.32 Å². The van der Waals surface area contributed by atoms with Crippen molar-refractivity contribution in [1.82, 2.24) is 15.1 Å². The maximum atomic E-state index is 12.9. The minimum absolute atomic E-state index is 0.0903. The minimum atomic E-state index is -0.340. The molecule has 3 rings (SSSR count). The summed E-state index contributed by atoms with van der Waals surface area (Å²) in [5.41, 5.74) is 1.55. The van der Waals surface area contributed by atoms with E-state index in [4.69, 9.17) is 0 Å². The Labute approximate surface area is 161 Å². The summed E-state index contributed by atoms with van der Waals surface area (Å²) in [5.74, 6) is -0.0691. The van der Waals surface area contributed by atoms with E-state index in [0.717, 1.165) is 38.2 Å². The third kappa shape index (κ3) is 5.41. The average Bonchev–Trinajstić information content (AvgIpc) is 2.93. The van der Waals surface area contributed by atoms with Gasteiger partial charge in [0.2, 0.25) is 5.91 Å². The third-order valence-corrected chi connectivity index (χ3v) is 4.99. The fourth-order valence-corrected chi connectivity index (χ4v) is 3.37. The SMILES string of the molecule is CN1CCCN(C(=O)CC(NC(=O)c2ccccc2)c2ccccc2)CC1. The van der Waals surface area contributed by atoms with Crippen molar-refractivity contribution in [3.8, 4) is 0 Å². The number of carbonyl (C=O) groups excluding carboxylic acids is 2. The predicted molar refractivity (Wildman–Crippen MR) is 106 cm³/mol. The van der Waals surface area contributed by atoms with Gasteiger partial charge in [-0.15, -0.1) is 0 Å². The lowest BCUT2D eigenvalue weighted by Crippen LogP contribution is -2.38. The summed E-state index contributed by atoms with van der Waals surface area (Å²) in [6.07, 6.45) is 1.25. The molecule has 1 atom stereocenters. The summed E-state index contributed by atoms with van der Waals surface area (Å²) in [6.45, 7) is 3.41. The molecule has 0 saturated carbocycles. The standard InChI is InChI=1S/C22H27N3O2/c1-24-13-8-14-25(16-15-24)21(26)17-20(18-9-4-2-5-10-18)23-22(27)19-11-6-3-7-12-19/h2-7,9-12,20H,8,13-17H2,1H3,(H,23,27). The van der Waals surface area contributed by atoms with Crippen molar-refractivity contribution in [2.45, 2.75) is 18.9 Å². The van der Waals surface area contributed by atoms with Crippen molar-refractivity contribution in [1.29, 1.82) is 0 Å². The van der Waals surface area contributed by atoms with E-state index >= 15 is 0 Å². The van der Waals surface area contributed by atoms with E-state index in [1.807, 2.05) is 53.4 Å². The number of amides is 2. The van der Waals surface area contributed by atoms with E-state index in [2.05, 4.69) is 17.3 Å². The number of nitrogens with one attached hydrogen (secondary N) is 1. The molecule has 1 N–H and O–H groups in total. The number of rotatable bonds is 5. The second-order valence-electron chi connectivity index (χ2n) is 7.04. The van der Waals surface area contributed by atoms with Gasteiger partial charge in [-0.3, -0.25) is 9.59 Å². The highest BCUT2D eigenvalue weighted by Gasteiger charge is 2.23. The van der Waals surface area contributed by atoms with Crippen LogP contribution in [0.5, 0.6) is 0 Å². The lowest BCUT2D eigenvalue weighted by atomic mass is 10.0. The zero-order valence-electron chi connectivity index (χ0n) is 15.8. The normalized spacial score (nSPS) is 16.4. The van der Waals surface area contributed by atoms with Gasteiger partial charge in [0.25, 0.3) is 5.91 Å². The van der Waals surface area contributed by atoms with E-state index in [-0.39, 0.29) is 24.3 Å². The minimum Gasteiger partial charge on any atom is -0.345 e. The molecule has 1 fully saturated rings. The number of benzene rings is 2. The van der Waals surface area contributed by atoms with Crippen LogP contribution in [0, 0.1) is 0 Å². The van der Waals surface area contributed by atoms with Gasteiger partial charge in [-0.1, -0.05) is 48.5 Å². The Balaban J connectivity index is 1.72. The first-order valence-electron chi connectivity index (χ1n) is 9.50. The molecule has 1 aliphatic heterocycles. The van der Waals surface area contributed by atoms with Crippen LogP contribution in [-0.2, 0) is 4.79 Å². The zero-order chi connectivity index (χ0) is 19.1. The molecule has 1 unspecified atom stereocenters. The van der Waals surface area contributed by atoms with Crippen LogP contribution in [0.15, 0.2) is 60.7 Å². The van der Waals surface area contributed by atoms with Crippen LogP contribution in [0.4, 0.5) is 0 Å². The lowest BCUT2D eigenvalue weighted by molar-refractivity contribution is -0.131. The first-order chi connectivity index (χ1) is 13.1. The van der Waals surface area contributed by atoms with Crippen LogP contribution >= 0.6 is 0 Å². The summed E-state index contributed by atoms with van der Waals surface area (Å²) in [4.78, 5) is 29.7. The molecule has 0 radical (unpaired) electrons. The van der Waals surface area contributed by atoms with Crippen molar-refractivity contribution in [2.24, 2.45) is 0 Å². The first-order valence-corrected chi connectivity index (χ1v) is 9.50. The van der Waals surface area contributed by atoms with E-state index in [0.29, 0.717) is 5.56 Å². The molecule has 0 spiro atoms. The molecule has 1 heterocycles. The van der Waals surface area contributed by atoms with Crippen LogP contribution in [0.2, 0.25) is 0 Å². The molecule has 2 aromatic rings. The van der Waals surface area contributed by atoms with Crippen molar-refractivity contribution in [3.05, 3.63) is 71.8 Å². The fourth-order valence-electron chi connectivity index (χ4n) is 3.37. The molecule has 0 bridgehead atoms. The molecule has 5 nitrogen and oxygen atoms in total. The van der Waals surface area contributed by atoms with Crippen molar-refractivity contribution in [2.75, 3.05) is 33.2 Å². The molecule has 142 valence electrons. The van der Waals surface area contributed by atoms with Crippen LogP contribution in [-0.4, -0.2) is 54.8 Å². The number of carbonyl (C=O) groups is 2. The monoisotopic (exact) mass is 365 g/mol. The predicted octanol–water partition coefficient (Wildman–Crippen LogP) is 2.71. The second-order valence-corrected chi connectivity index (χ2v) is 7.04. The summed E-state index contributed by atoms with van der Waals surface area (Å²) in [7, 11) is 2.08. The molecule has 2 aromatic carbocycles. The fraction of sp³-hybridized carbons (Fsp3) is 0.364. The number of nitrogens with zero attached hydrogens (tertiary/aromatic N) is 2. The molecule has 2 amide bonds. The summed E-state index contributed by atoms with van der Waals surface area (Å²) in [5, 5.41) is 3.05. The van der Waals surface area contributed by atoms with E-state index in [1.165, 1.54) is 0 Å². The van der Waals surface area contributed by atoms with Gasteiger partial charge in [-0.2, -0.15) is 0 Å². The van der Waals surface area contributed by atoms with E-state index < -0.39 is 0 Å². The van der Waals surface area contributed by atoms with Crippen molar-refractivity contribution >= 4 is 11.8 Å². The molecule has 1 saturated heterocycles. The molecule has 27 heavy (non-hydrogen) atoms. The highest BCUT2D eigenvalue weighted by Crippen LogP contribution is 2.19. The smallest absolute Gasteiger partial charge is 0.251 e. The van der Waals surface area contributed by atoms with Gasteiger partial charge >= 0.3 is 0 Å². The Hall–Kier alpha value is -2.66. The Morgan fingerprint density at radius 1 is 0.926 bits per heavy atom. The topological polar surface area (TPSA) is 52.6 Å². The van der Waals surface area contributed by atoms with Crippen LogP contribution in [0.3, 0.4) is 0 Å². The lowest BCUT2D eigenvalue weighted by Gasteiger charge is -2.25. The largest absolute Gasteiger partial charge is 0.345 e. The van der Waals surface area contributed by atoms with Gasteiger partial charge in [0.15, 0.2) is 0 Å². The van der Waals surface area contributed by atoms with Crippen LogP contribution in [0.25, 0.3) is 0 Å². The quantitative estimate of drug-likeness (QED) is 0.886. The summed E-state index contributed by atoms with van der Waals surface area (Å²) >= 11 is 0. The molecule has 5 heteroatoms. The summed E-state index contributed by atoms with van der Waals surface area (Å²) < 4.78 is 0. The Morgan fingerprint density at radius 2 is 1.59 bits per heavy atom. The number of hydrogen-bond acceptors (Lipinski definition) is 3. The average molecular weight is 365 g/mol. The van der Waals surface area contributed by atoms with Gasteiger partial charge in [0.1, 0.15) is 0 Å². The Bertz CT molecular complexity index is 749. The molecule has 0 aromatic heterocycles. The van der Waals surface area contributed by atoms with Gasteiger partial charge < -0.3 is 15.1 Å². The Kier molecular flexibility index (Phi) is 6.60. The molecule has 1 aliphatic rings. The zero-order valence-corrected chi connectivity index (χ0v) is 15.8. The maximum absolute atomic E-state index is 12.9. The third-order valence-electron chi connectivity index (χ3n) is 4.99. The molecular weight excluding hydrogens is 338 g/mol. The van der Waals surface area contributed by atoms with Crippen molar-refractivity contribution < 1.29 is 9.59 Å². The highest BCUT2D eigenvalue weighted by atomic mass is 16.2. The second kappa shape index (κ2) is 9.33. The molecule has 0 aliphatic carbocycles. The van der Waals surface area contributed by atoms with Gasteiger partial charge in [-0.25, -0.2) is 0 Å². The summed E-state index contributed by atoms with van der Waals surface area (Å²) in [6, 6.07) is 18.5. The number of likely N-dealkylation sites (N-methyl/N-ethyl adjacent to an activating group) is 1. The van der Waals surface area contributed by atoms with Gasteiger partial charge in [-0.05, 0) is 37.7 Å². The van der Waals surface area contributed by atoms with Crippen molar-refractivity contribution in [3.63, 3.8) is 0 Å². The highest BCUT2D eigenvalue weighted by molar-refractivity contribution is 5.94. The van der Waals surface area contributed by atoms with E-state index in [9.17, 15) is 9.59 Å². The number of hydrogen-bond donors (Lipinski definition) is 1. The van der Waals surface area contributed by atoms with Crippen LogP contribution in [0.1, 0.15) is 34.8 Å². The maximum Gasteiger partial charge on any atom is 0.251 e. The molecular formula is C22H27N3O2. The Morgan fingerprint density at radius 3 is 2.30 bits per heavy atom. The van der Waals surface area contributed by atoms with E-state index in [1.54, 1.807) is 12.1 Å². The van der Waals surface area contributed by atoms with Gasteiger partial charge in [0.05, 0.1) is 12.5 Å². The first kappa shape index (κ1) is 19.1. The van der Waals surface area contributed by atoms with Gasteiger partial charge in [0, 0.05) is 25.2 Å².